The molecule has 1 aromatic rings. The lowest BCUT2D eigenvalue weighted by Gasteiger charge is -2.21. The highest BCUT2D eigenvalue weighted by molar-refractivity contribution is 14.0. The maximum atomic E-state index is 10.8. The minimum atomic E-state index is -0.496. The van der Waals surface area contributed by atoms with Crippen molar-refractivity contribution in [1.29, 1.82) is 0 Å². The molecule has 160 valence electrons. The Morgan fingerprint density at radius 3 is 2.61 bits per heavy atom. The van der Waals surface area contributed by atoms with Crippen molar-refractivity contribution in [1.82, 2.24) is 10.6 Å². The zero-order valence-corrected chi connectivity index (χ0v) is 19.7. The molecule has 0 heterocycles. The summed E-state index contributed by atoms with van der Waals surface area (Å²) in [5, 5.41) is 6.60. The number of carbonyl (C=O) groups excluding carboxylic acids is 1. The maximum absolute atomic E-state index is 10.8. The SMILES string of the molecule is CCNC(=NCc1cccc(OCC(N)=O)c1)NCCC(OCC)C(C)C.I. The number of benzene rings is 1. The summed E-state index contributed by atoms with van der Waals surface area (Å²) in [5.41, 5.74) is 6.09. The number of hydrogen-bond donors (Lipinski definition) is 3. The first-order valence-corrected chi connectivity index (χ1v) is 9.60. The predicted molar refractivity (Wildman–Crippen MR) is 124 cm³/mol. The van der Waals surface area contributed by atoms with E-state index < -0.39 is 5.91 Å². The van der Waals surface area contributed by atoms with E-state index in [9.17, 15) is 4.79 Å². The highest BCUT2D eigenvalue weighted by Gasteiger charge is 2.13. The molecule has 0 aliphatic carbocycles. The number of amides is 1. The van der Waals surface area contributed by atoms with Crippen LogP contribution < -0.4 is 21.1 Å². The second-order valence-corrected chi connectivity index (χ2v) is 6.55. The number of carbonyl (C=O) groups is 1. The molecule has 0 aliphatic rings. The lowest BCUT2D eigenvalue weighted by molar-refractivity contribution is -0.119. The molecular formula is C20H35IN4O3. The molecule has 7 nitrogen and oxygen atoms in total. The lowest BCUT2D eigenvalue weighted by atomic mass is 10.0. The van der Waals surface area contributed by atoms with E-state index in [0.29, 0.717) is 18.2 Å². The standard InChI is InChI=1S/C20H34N4O3.HI/c1-5-22-20(23-11-10-18(15(3)4)26-6-2)24-13-16-8-7-9-17(12-16)27-14-19(21)25;/h7-9,12,15,18H,5-6,10-11,13-14H2,1-4H3,(H2,21,25)(H2,22,23,24);1H. The van der Waals surface area contributed by atoms with Gasteiger partial charge in [0.15, 0.2) is 12.6 Å². The van der Waals surface area contributed by atoms with Gasteiger partial charge in [-0.3, -0.25) is 4.79 Å². The van der Waals surface area contributed by atoms with Crippen molar-refractivity contribution >= 4 is 35.8 Å². The zero-order valence-electron chi connectivity index (χ0n) is 17.4. The maximum Gasteiger partial charge on any atom is 0.255 e. The Bertz CT molecular complexity index is 597. The molecule has 28 heavy (non-hydrogen) atoms. The number of aliphatic imine (C=N–C) groups is 1. The van der Waals surface area contributed by atoms with Crippen LogP contribution in [0.15, 0.2) is 29.3 Å². The van der Waals surface area contributed by atoms with Crippen molar-refractivity contribution in [3.05, 3.63) is 29.8 Å². The fourth-order valence-electron chi connectivity index (χ4n) is 2.56. The molecule has 0 aliphatic heterocycles. The molecule has 0 bridgehead atoms. The van der Waals surface area contributed by atoms with E-state index in [1.807, 2.05) is 32.0 Å². The summed E-state index contributed by atoms with van der Waals surface area (Å²) in [6, 6.07) is 7.49. The number of rotatable bonds is 12. The molecule has 1 rings (SSSR count). The van der Waals surface area contributed by atoms with Crippen LogP contribution >= 0.6 is 24.0 Å². The second kappa shape index (κ2) is 15.4. The summed E-state index contributed by atoms with van der Waals surface area (Å²) in [6.45, 7) is 11.1. The van der Waals surface area contributed by atoms with Crippen LogP contribution in [0, 0.1) is 5.92 Å². The third kappa shape index (κ3) is 11.3. The van der Waals surface area contributed by atoms with Gasteiger partial charge in [0.2, 0.25) is 0 Å². The van der Waals surface area contributed by atoms with Crippen LogP contribution in [0.3, 0.4) is 0 Å². The van der Waals surface area contributed by atoms with Gasteiger partial charge in [0.1, 0.15) is 5.75 Å². The first-order valence-electron chi connectivity index (χ1n) is 9.60. The summed E-state index contributed by atoms with van der Waals surface area (Å²) in [6.07, 6.45) is 1.16. The van der Waals surface area contributed by atoms with Crippen LogP contribution in [-0.2, 0) is 16.1 Å². The Morgan fingerprint density at radius 1 is 1.25 bits per heavy atom. The average Bonchev–Trinajstić information content (AvgIpc) is 2.64. The number of guanidine groups is 1. The molecule has 0 aromatic heterocycles. The molecule has 1 aromatic carbocycles. The van der Waals surface area contributed by atoms with Crippen LogP contribution in [0.2, 0.25) is 0 Å². The van der Waals surface area contributed by atoms with Gasteiger partial charge in [-0.2, -0.15) is 0 Å². The molecule has 1 unspecified atom stereocenters. The van der Waals surface area contributed by atoms with Crippen LogP contribution in [0.4, 0.5) is 0 Å². The van der Waals surface area contributed by atoms with E-state index >= 15 is 0 Å². The molecule has 8 heteroatoms. The van der Waals surface area contributed by atoms with Gasteiger partial charge < -0.3 is 25.8 Å². The molecule has 0 radical (unpaired) electrons. The second-order valence-electron chi connectivity index (χ2n) is 6.55. The predicted octanol–water partition coefficient (Wildman–Crippen LogP) is 2.68. The van der Waals surface area contributed by atoms with Crippen LogP contribution in [0.25, 0.3) is 0 Å². The summed E-state index contributed by atoms with van der Waals surface area (Å²) in [7, 11) is 0. The third-order valence-electron chi connectivity index (χ3n) is 3.89. The van der Waals surface area contributed by atoms with E-state index in [2.05, 4.69) is 29.5 Å². The Morgan fingerprint density at radius 2 is 2.00 bits per heavy atom. The largest absolute Gasteiger partial charge is 0.484 e. The van der Waals surface area contributed by atoms with Crippen molar-refractivity contribution in [2.75, 3.05) is 26.3 Å². The number of nitrogens with zero attached hydrogens (tertiary/aromatic N) is 1. The molecule has 1 atom stereocenters. The van der Waals surface area contributed by atoms with Crippen molar-refractivity contribution in [3.8, 4) is 5.75 Å². The number of halogens is 1. The normalized spacial score (nSPS) is 12.2. The topological polar surface area (TPSA) is 98.0 Å². The average molecular weight is 506 g/mol. The van der Waals surface area contributed by atoms with Crippen molar-refractivity contribution in [2.24, 2.45) is 16.6 Å². The minimum absolute atomic E-state index is 0. The van der Waals surface area contributed by atoms with Gasteiger partial charge in [-0.05, 0) is 43.9 Å². The van der Waals surface area contributed by atoms with E-state index in [4.69, 9.17) is 15.2 Å². The van der Waals surface area contributed by atoms with Crippen LogP contribution in [0.5, 0.6) is 5.75 Å². The Balaban J connectivity index is 0.00000729. The highest BCUT2D eigenvalue weighted by atomic mass is 127. The van der Waals surface area contributed by atoms with Gasteiger partial charge in [-0.1, -0.05) is 26.0 Å². The monoisotopic (exact) mass is 506 g/mol. The van der Waals surface area contributed by atoms with E-state index in [0.717, 1.165) is 37.6 Å². The van der Waals surface area contributed by atoms with E-state index in [1.165, 1.54) is 0 Å². The fraction of sp³-hybridized carbons (Fsp3) is 0.600. The van der Waals surface area contributed by atoms with Gasteiger partial charge >= 0.3 is 0 Å². The van der Waals surface area contributed by atoms with Gasteiger partial charge in [0, 0.05) is 19.7 Å². The molecule has 0 saturated heterocycles. The summed E-state index contributed by atoms with van der Waals surface area (Å²) < 4.78 is 11.1. The summed E-state index contributed by atoms with van der Waals surface area (Å²) in [5.74, 6) is 1.36. The number of nitrogens with two attached hydrogens (primary N) is 1. The molecule has 0 spiro atoms. The minimum Gasteiger partial charge on any atom is -0.484 e. The van der Waals surface area contributed by atoms with Gasteiger partial charge in [0.05, 0.1) is 12.6 Å². The molecule has 4 N–H and O–H groups in total. The van der Waals surface area contributed by atoms with E-state index in [-0.39, 0.29) is 36.7 Å². The summed E-state index contributed by atoms with van der Waals surface area (Å²) in [4.78, 5) is 15.4. The Labute approximate surface area is 185 Å². The number of primary amides is 1. The van der Waals surface area contributed by atoms with Crippen LogP contribution in [0.1, 0.15) is 39.7 Å². The molecule has 0 fully saturated rings. The summed E-state index contributed by atoms with van der Waals surface area (Å²) >= 11 is 0. The van der Waals surface area contributed by atoms with Crippen LogP contribution in [-0.4, -0.2) is 44.3 Å². The highest BCUT2D eigenvalue weighted by Crippen LogP contribution is 2.14. The van der Waals surface area contributed by atoms with Gasteiger partial charge in [0.25, 0.3) is 5.91 Å². The lowest BCUT2D eigenvalue weighted by Crippen LogP contribution is -2.39. The number of ether oxygens (including phenoxy) is 2. The van der Waals surface area contributed by atoms with Gasteiger partial charge in [-0.25, -0.2) is 4.99 Å². The zero-order chi connectivity index (χ0) is 20.1. The first-order chi connectivity index (χ1) is 13.0. The van der Waals surface area contributed by atoms with Crippen molar-refractivity contribution in [2.45, 2.75) is 46.8 Å². The fourth-order valence-corrected chi connectivity index (χ4v) is 2.56. The Kier molecular flexibility index (Phi) is 14.5. The van der Waals surface area contributed by atoms with Crippen molar-refractivity contribution in [3.63, 3.8) is 0 Å². The van der Waals surface area contributed by atoms with Crippen molar-refractivity contribution < 1.29 is 14.3 Å². The number of hydrogen-bond acceptors (Lipinski definition) is 4. The molecule has 1 amide bonds. The third-order valence-corrected chi connectivity index (χ3v) is 3.89. The Hall–Kier alpha value is -1.55. The quantitative estimate of drug-likeness (QED) is 0.230. The smallest absolute Gasteiger partial charge is 0.255 e. The molecular weight excluding hydrogens is 471 g/mol. The van der Waals surface area contributed by atoms with E-state index in [1.54, 1.807) is 6.07 Å². The first kappa shape index (κ1) is 26.4. The number of nitrogens with one attached hydrogen (secondary N) is 2. The molecule has 0 saturated carbocycles. The van der Waals surface area contributed by atoms with Gasteiger partial charge in [-0.15, -0.1) is 24.0 Å².